The molecule has 1 fully saturated rings. The van der Waals surface area contributed by atoms with Crippen molar-refractivity contribution in [1.29, 1.82) is 5.26 Å². The Kier molecular flexibility index (Phi) is 3.74. The largest absolute Gasteiger partial charge is 0.356 e. The van der Waals surface area contributed by atoms with Gasteiger partial charge in [-0.15, -0.1) is 0 Å². The van der Waals surface area contributed by atoms with Gasteiger partial charge in [0.25, 0.3) is 5.91 Å². The van der Waals surface area contributed by atoms with Crippen LogP contribution in [0.4, 0.5) is 0 Å². The van der Waals surface area contributed by atoms with E-state index in [2.05, 4.69) is 34.6 Å². The lowest BCUT2D eigenvalue weighted by atomic mass is 9.71. The fourth-order valence-electron chi connectivity index (χ4n) is 2.82. The Hall–Kier alpha value is -2.54. The lowest BCUT2D eigenvalue weighted by molar-refractivity contribution is 0.0930. The molecule has 0 bridgehead atoms. The number of carbonyl (C=O) groups is 1. The lowest BCUT2D eigenvalue weighted by Crippen LogP contribution is -2.35. The van der Waals surface area contributed by atoms with E-state index in [-0.39, 0.29) is 5.91 Å². The monoisotopic (exact) mass is 279 g/mol. The van der Waals surface area contributed by atoms with E-state index in [9.17, 15) is 4.79 Å². The van der Waals surface area contributed by atoms with Crippen molar-refractivity contribution in [3.63, 3.8) is 0 Å². The zero-order valence-electron chi connectivity index (χ0n) is 11.7. The molecule has 0 unspecified atom stereocenters. The maximum atomic E-state index is 11.9. The minimum atomic E-state index is -0.139. The van der Waals surface area contributed by atoms with Crippen LogP contribution in [0.25, 0.3) is 0 Å². The summed E-state index contributed by atoms with van der Waals surface area (Å²) < 4.78 is 0. The van der Waals surface area contributed by atoms with Gasteiger partial charge >= 0.3 is 0 Å². The van der Waals surface area contributed by atoms with E-state index in [4.69, 9.17) is 5.26 Å². The Balaban J connectivity index is 1.45. The van der Waals surface area contributed by atoms with Gasteiger partial charge in [0.05, 0.1) is 5.56 Å². The molecule has 106 valence electrons. The number of nitrogens with zero attached hydrogens (tertiary/aromatic N) is 1. The Bertz CT molecular complexity index is 663. The van der Waals surface area contributed by atoms with Gasteiger partial charge in [0.1, 0.15) is 11.8 Å². The number of nitrogens with one attached hydrogen (secondary N) is 2. The van der Waals surface area contributed by atoms with Crippen molar-refractivity contribution in [3.05, 3.63) is 59.4 Å². The van der Waals surface area contributed by atoms with E-state index in [0.29, 0.717) is 29.6 Å². The van der Waals surface area contributed by atoms with Crippen molar-refractivity contribution < 1.29 is 4.79 Å². The molecule has 21 heavy (non-hydrogen) atoms. The lowest BCUT2D eigenvalue weighted by Gasteiger charge is -2.35. The molecule has 0 spiro atoms. The van der Waals surface area contributed by atoms with Gasteiger partial charge in [-0.25, -0.2) is 0 Å². The van der Waals surface area contributed by atoms with Gasteiger partial charge in [0.15, 0.2) is 0 Å². The van der Waals surface area contributed by atoms with Crippen molar-refractivity contribution in [1.82, 2.24) is 10.3 Å². The topological polar surface area (TPSA) is 68.7 Å². The number of amides is 1. The van der Waals surface area contributed by atoms with Gasteiger partial charge in [-0.05, 0) is 36.3 Å². The van der Waals surface area contributed by atoms with Crippen LogP contribution in [0.5, 0.6) is 0 Å². The number of aromatic amines is 1. The minimum absolute atomic E-state index is 0.139. The number of rotatable bonds is 4. The van der Waals surface area contributed by atoms with Crippen molar-refractivity contribution in [2.75, 3.05) is 6.54 Å². The van der Waals surface area contributed by atoms with Gasteiger partial charge in [-0.2, -0.15) is 5.26 Å². The Morgan fingerprint density at radius 3 is 2.76 bits per heavy atom. The normalized spacial score (nSPS) is 20.3. The predicted molar refractivity (Wildman–Crippen MR) is 79.7 cm³/mol. The maximum Gasteiger partial charge on any atom is 0.267 e. The molecule has 0 radical (unpaired) electrons. The maximum absolute atomic E-state index is 11.9. The predicted octanol–water partition coefficient (Wildman–Crippen LogP) is 2.81. The van der Waals surface area contributed by atoms with Gasteiger partial charge in [0, 0.05) is 12.7 Å². The van der Waals surface area contributed by atoms with Crippen molar-refractivity contribution in [3.8, 4) is 6.07 Å². The van der Waals surface area contributed by atoms with E-state index in [1.807, 2.05) is 12.1 Å². The molecule has 0 aliphatic heterocycles. The molecule has 1 aromatic carbocycles. The first-order valence-electron chi connectivity index (χ1n) is 7.18. The summed E-state index contributed by atoms with van der Waals surface area (Å²) in [6.45, 7) is 0.697. The highest BCUT2D eigenvalue weighted by atomic mass is 16.1. The number of benzene rings is 1. The van der Waals surface area contributed by atoms with Crippen molar-refractivity contribution in [2.45, 2.75) is 18.8 Å². The van der Waals surface area contributed by atoms with Crippen LogP contribution in [0.3, 0.4) is 0 Å². The SMILES string of the molecule is N#Cc1c[nH]c(C(=O)NCC2CC(c3ccccc3)C2)c1. The Morgan fingerprint density at radius 1 is 1.33 bits per heavy atom. The fraction of sp³-hybridized carbons (Fsp3) is 0.294. The van der Waals surface area contributed by atoms with Crippen LogP contribution in [0.1, 0.15) is 40.4 Å². The third-order valence-electron chi connectivity index (χ3n) is 4.11. The van der Waals surface area contributed by atoms with E-state index >= 15 is 0 Å². The van der Waals surface area contributed by atoms with Gasteiger partial charge in [0.2, 0.25) is 0 Å². The number of carbonyl (C=O) groups excluding carboxylic acids is 1. The molecule has 1 aromatic heterocycles. The summed E-state index contributed by atoms with van der Waals surface area (Å²) in [4.78, 5) is 14.7. The third kappa shape index (κ3) is 2.97. The summed E-state index contributed by atoms with van der Waals surface area (Å²) in [6, 6.07) is 14.1. The number of hydrogen-bond acceptors (Lipinski definition) is 2. The fourth-order valence-corrected chi connectivity index (χ4v) is 2.82. The van der Waals surface area contributed by atoms with E-state index in [0.717, 1.165) is 12.8 Å². The highest BCUT2D eigenvalue weighted by Crippen LogP contribution is 2.40. The van der Waals surface area contributed by atoms with E-state index in [1.54, 1.807) is 12.3 Å². The van der Waals surface area contributed by atoms with E-state index < -0.39 is 0 Å². The van der Waals surface area contributed by atoms with Crippen LogP contribution >= 0.6 is 0 Å². The quantitative estimate of drug-likeness (QED) is 0.903. The molecule has 1 amide bonds. The standard InChI is InChI=1S/C17H17N3O/c18-9-13-8-16(19-11-13)17(21)20-10-12-6-15(7-12)14-4-2-1-3-5-14/h1-5,8,11-12,15,19H,6-7,10H2,(H,20,21). The van der Waals surface area contributed by atoms with Crippen molar-refractivity contribution >= 4 is 5.91 Å². The second kappa shape index (κ2) is 5.84. The number of H-pyrrole nitrogens is 1. The molecule has 0 atom stereocenters. The molecule has 4 heteroatoms. The average Bonchev–Trinajstić information content (AvgIpc) is 2.95. The van der Waals surface area contributed by atoms with Crippen LogP contribution in [0, 0.1) is 17.2 Å². The summed E-state index contributed by atoms with van der Waals surface area (Å²) in [6.07, 6.45) is 3.79. The molecule has 2 N–H and O–H groups in total. The number of nitriles is 1. The van der Waals surface area contributed by atoms with E-state index in [1.165, 1.54) is 5.56 Å². The van der Waals surface area contributed by atoms with Crippen LogP contribution in [-0.2, 0) is 0 Å². The Labute approximate surface area is 123 Å². The summed E-state index contributed by atoms with van der Waals surface area (Å²) >= 11 is 0. The zero-order valence-corrected chi connectivity index (χ0v) is 11.7. The Morgan fingerprint density at radius 2 is 2.10 bits per heavy atom. The number of aromatic nitrogens is 1. The molecule has 1 aliphatic carbocycles. The van der Waals surface area contributed by atoms with Gasteiger partial charge in [-0.3, -0.25) is 4.79 Å². The average molecular weight is 279 g/mol. The molecule has 1 saturated carbocycles. The summed E-state index contributed by atoms with van der Waals surface area (Å²) in [5.74, 6) is 1.04. The smallest absolute Gasteiger partial charge is 0.267 e. The second-order valence-electron chi connectivity index (χ2n) is 5.57. The second-order valence-corrected chi connectivity index (χ2v) is 5.57. The molecule has 2 aromatic rings. The van der Waals surface area contributed by atoms with Crippen LogP contribution in [0.2, 0.25) is 0 Å². The van der Waals surface area contributed by atoms with Gasteiger partial charge < -0.3 is 10.3 Å². The molecule has 1 aliphatic rings. The first kappa shape index (κ1) is 13.4. The molecular weight excluding hydrogens is 262 g/mol. The summed E-state index contributed by atoms with van der Waals surface area (Å²) in [5.41, 5.74) is 2.32. The zero-order chi connectivity index (χ0) is 14.7. The molecule has 4 nitrogen and oxygen atoms in total. The van der Waals surface area contributed by atoms with Crippen LogP contribution < -0.4 is 5.32 Å². The molecule has 3 rings (SSSR count). The highest BCUT2D eigenvalue weighted by Gasteiger charge is 2.30. The molecular formula is C17H17N3O. The first-order chi connectivity index (χ1) is 10.3. The molecule has 0 saturated heterocycles. The first-order valence-corrected chi connectivity index (χ1v) is 7.18. The minimum Gasteiger partial charge on any atom is -0.356 e. The summed E-state index contributed by atoms with van der Waals surface area (Å²) in [5, 5.41) is 11.7. The van der Waals surface area contributed by atoms with Gasteiger partial charge in [-0.1, -0.05) is 30.3 Å². The van der Waals surface area contributed by atoms with Crippen LogP contribution in [0.15, 0.2) is 42.6 Å². The summed E-state index contributed by atoms with van der Waals surface area (Å²) in [7, 11) is 0. The molecule has 1 heterocycles. The van der Waals surface area contributed by atoms with Crippen molar-refractivity contribution in [2.24, 2.45) is 5.92 Å². The highest BCUT2D eigenvalue weighted by molar-refractivity contribution is 5.92. The number of hydrogen-bond donors (Lipinski definition) is 2. The third-order valence-corrected chi connectivity index (χ3v) is 4.11. The van der Waals surface area contributed by atoms with Crippen LogP contribution in [-0.4, -0.2) is 17.4 Å².